The maximum Gasteiger partial charge on any atom is 0.337 e. The van der Waals surface area contributed by atoms with E-state index in [0.29, 0.717) is 18.7 Å². The van der Waals surface area contributed by atoms with Crippen LogP contribution in [0, 0.1) is 20.8 Å². The van der Waals surface area contributed by atoms with Crippen molar-refractivity contribution in [2.45, 2.75) is 85.5 Å². The summed E-state index contributed by atoms with van der Waals surface area (Å²) in [7, 11) is 0. The highest BCUT2D eigenvalue weighted by Gasteiger charge is 2.35. The van der Waals surface area contributed by atoms with Crippen molar-refractivity contribution in [3.05, 3.63) is 57.6 Å². The highest BCUT2D eigenvalue weighted by molar-refractivity contribution is 5.84. The van der Waals surface area contributed by atoms with Gasteiger partial charge in [0.1, 0.15) is 0 Å². The summed E-state index contributed by atoms with van der Waals surface area (Å²) >= 11 is 0. The molecular weight excluding hydrogens is 452 g/mol. The molecule has 0 saturated carbocycles. The van der Waals surface area contributed by atoms with Crippen molar-refractivity contribution in [1.82, 2.24) is 9.80 Å². The second kappa shape index (κ2) is 10.3. The van der Waals surface area contributed by atoms with Crippen LogP contribution in [0.2, 0.25) is 0 Å². The van der Waals surface area contributed by atoms with E-state index in [1.165, 1.54) is 12.0 Å². The second-order valence-corrected chi connectivity index (χ2v) is 11.3. The van der Waals surface area contributed by atoms with Gasteiger partial charge in [-0.3, -0.25) is 0 Å². The van der Waals surface area contributed by atoms with E-state index in [1.807, 2.05) is 44.4 Å². The quantitative estimate of drug-likeness (QED) is 0.553. The number of likely N-dealkylation sites (tertiary alicyclic amines) is 1. The lowest BCUT2D eigenvalue weighted by Gasteiger charge is -2.38. The number of carboxylic acids is 1. The van der Waals surface area contributed by atoms with E-state index >= 15 is 0 Å². The molecule has 6 nitrogen and oxygen atoms in total. The summed E-state index contributed by atoms with van der Waals surface area (Å²) in [6, 6.07) is 8.36. The molecular formula is C30H40N2O4. The lowest BCUT2D eigenvalue weighted by molar-refractivity contribution is -0.160. The summed E-state index contributed by atoms with van der Waals surface area (Å²) in [5.41, 5.74) is 7.45. The van der Waals surface area contributed by atoms with Crippen molar-refractivity contribution < 1.29 is 19.4 Å². The number of carbonyl (C=O) groups excluding carboxylic acids is 1. The second-order valence-electron chi connectivity index (χ2n) is 11.3. The van der Waals surface area contributed by atoms with Gasteiger partial charge in [0.25, 0.3) is 0 Å². The predicted molar refractivity (Wildman–Crippen MR) is 142 cm³/mol. The van der Waals surface area contributed by atoms with E-state index in [0.717, 1.165) is 65.7 Å². The fourth-order valence-electron chi connectivity index (χ4n) is 5.68. The number of carboxylic acid groups (broad SMARTS) is 1. The van der Waals surface area contributed by atoms with Crippen molar-refractivity contribution in [1.29, 1.82) is 0 Å². The van der Waals surface area contributed by atoms with Crippen LogP contribution in [0.1, 0.15) is 79.5 Å². The summed E-state index contributed by atoms with van der Waals surface area (Å²) < 4.78 is 6.18. The lowest BCUT2D eigenvalue weighted by Crippen LogP contribution is -2.47. The van der Waals surface area contributed by atoms with Gasteiger partial charge in [-0.05, 0) is 101 Å². The average Bonchev–Trinajstić information content (AvgIpc) is 2.84. The van der Waals surface area contributed by atoms with Crippen LogP contribution in [0.4, 0.5) is 4.79 Å². The molecule has 2 aromatic rings. The number of aryl methyl sites for hydroxylation is 1. The first-order chi connectivity index (χ1) is 17.0. The minimum Gasteiger partial charge on any atom is -0.479 e. The number of rotatable bonds is 4. The van der Waals surface area contributed by atoms with Crippen LogP contribution in [-0.4, -0.2) is 52.1 Å². The van der Waals surface area contributed by atoms with Gasteiger partial charge in [-0.2, -0.15) is 0 Å². The molecule has 4 rings (SSSR count). The van der Waals surface area contributed by atoms with E-state index in [9.17, 15) is 14.7 Å². The van der Waals surface area contributed by atoms with Crippen LogP contribution in [-0.2, 0) is 22.5 Å². The Morgan fingerprint density at radius 3 is 2.11 bits per heavy atom. The van der Waals surface area contributed by atoms with Crippen molar-refractivity contribution in [2.24, 2.45) is 0 Å². The molecule has 0 spiro atoms. The normalized spacial score (nSPS) is 17.1. The topological polar surface area (TPSA) is 70.1 Å². The number of carbonyl (C=O) groups is 2. The van der Waals surface area contributed by atoms with Crippen LogP contribution in [0.3, 0.4) is 0 Å². The number of aliphatic carboxylic acids is 1. The standard InChI is InChI=1S/C30H40N2O4/c1-19-10-12-22(13-11-19)25-20(2)23-14-17-32(29(35)31-15-8-7-9-16-31)18-24(23)21(3)26(25)27(28(33)34)36-30(4,5)6/h10-13,27H,7-9,14-18H2,1-6H3,(H,33,34). The number of fused-ring (bicyclic) bond motifs is 1. The summed E-state index contributed by atoms with van der Waals surface area (Å²) in [4.78, 5) is 29.9. The van der Waals surface area contributed by atoms with E-state index in [1.54, 1.807) is 0 Å². The Hall–Kier alpha value is -2.86. The first-order valence-corrected chi connectivity index (χ1v) is 13.1. The van der Waals surface area contributed by atoms with Crippen molar-refractivity contribution >= 4 is 12.0 Å². The molecule has 36 heavy (non-hydrogen) atoms. The van der Waals surface area contributed by atoms with Crippen molar-refractivity contribution in [2.75, 3.05) is 19.6 Å². The maximum atomic E-state index is 13.3. The Bertz CT molecular complexity index is 1140. The Labute approximate surface area is 215 Å². The van der Waals surface area contributed by atoms with Crippen LogP contribution in [0.5, 0.6) is 0 Å². The Kier molecular flexibility index (Phi) is 7.46. The van der Waals surface area contributed by atoms with E-state index < -0.39 is 17.7 Å². The first kappa shape index (κ1) is 26.2. The van der Waals surface area contributed by atoms with Crippen molar-refractivity contribution in [3.63, 3.8) is 0 Å². The number of urea groups is 1. The summed E-state index contributed by atoms with van der Waals surface area (Å²) in [6.07, 6.45) is 2.95. The molecule has 194 valence electrons. The molecule has 1 N–H and O–H groups in total. The van der Waals surface area contributed by atoms with Gasteiger partial charge < -0.3 is 19.6 Å². The van der Waals surface area contributed by atoms with Crippen LogP contribution >= 0.6 is 0 Å². The number of piperidine rings is 1. The summed E-state index contributed by atoms with van der Waals surface area (Å²) in [5.74, 6) is -1.00. The van der Waals surface area contributed by atoms with Gasteiger partial charge >= 0.3 is 12.0 Å². The molecule has 0 radical (unpaired) electrons. The minimum absolute atomic E-state index is 0.0993. The van der Waals surface area contributed by atoms with Gasteiger partial charge in [0.15, 0.2) is 6.10 Å². The highest BCUT2D eigenvalue weighted by atomic mass is 16.5. The molecule has 0 aromatic heterocycles. The number of hydrogen-bond donors (Lipinski definition) is 1. The highest BCUT2D eigenvalue weighted by Crippen LogP contribution is 2.42. The van der Waals surface area contributed by atoms with Gasteiger partial charge in [-0.25, -0.2) is 9.59 Å². The third-order valence-electron chi connectivity index (χ3n) is 7.49. The van der Waals surface area contributed by atoms with Gasteiger partial charge in [-0.15, -0.1) is 0 Å². The summed E-state index contributed by atoms with van der Waals surface area (Å²) in [6.45, 7) is 14.6. The largest absolute Gasteiger partial charge is 0.479 e. The fourth-order valence-corrected chi connectivity index (χ4v) is 5.68. The monoisotopic (exact) mass is 492 g/mol. The van der Waals surface area contributed by atoms with Gasteiger partial charge in [-0.1, -0.05) is 29.8 Å². The Balaban J connectivity index is 1.85. The van der Waals surface area contributed by atoms with E-state index in [2.05, 4.69) is 31.2 Å². The molecule has 1 fully saturated rings. The molecule has 2 aliphatic rings. The fraction of sp³-hybridized carbons (Fsp3) is 0.533. The van der Waals surface area contributed by atoms with Gasteiger partial charge in [0, 0.05) is 31.7 Å². The van der Waals surface area contributed by atoms with E-state index in [4.69, 9.17) is 4.74 Å². The molecule has 2 aliphatic heterocycles. The minimum atomic E-state index is -1.11. The number of hydrogen-bond acceptors (Lipinski definition) is 3. The van der Waals surface area contributed by atoms with Gasteiger partial charge in [0.05, 0.1) is 5.60 Å². The SMILES string of the molecule is Cc1ccc(-c2c(C)c3c(c(C)c2C(OC(C)(C)C)C(=O)O)CN(C(=O)N2CCCCC2)CC3)cc1. The van der Waals surface area contributed by atoms with Crippen LogP contribution in [0.15, 0.2) is 24.3 Å². The molecule has 6 heteroatoms. The van der Waals surface area contributed by atoms with Gasteiger partial charge in [0.2, 0.25) is 0 Å². The number of ether oxygens (including phenoxy) is 1. The third kappa shape index (κ3) is 5.29. The molecule has 0 aliphatic carbocycles. The zero-order chi connectivity index (χ0) is 26.2. The maximum absolute atomic E-state index is 13.3. The van der Waals surface area contributed by atoms with Crippen LogP contribution < -0.4 is 0 Å². The zero-order valence-electron chi connectivity index (χ0n) is 22.6. The Morgan fingerprint density at radius 2 is 1.53 bits per heavy atom. The number of amides is 2. The molecule has 1 atom stereocenters. The molecule has 1 unspecified atom stereocenters. The molecule has 2 heterocycles. The molecule has 0 bridgehead atoms. The number of nitrogens with zero attached hydrogens (tertiary/aromatic N) is 2. The number of benzene rings is 2. The van der Waals surface area contributed by atoms with Crippen molar-refractivity contribution in [3.8, 4) is 11.1 Å². The first-order valence-electron chi connectivity index (χ1n) is 13.1. The lowest BCUT2D eigenvalue weighted by atomic mass is 9.80. The molecule has 2 aromatic carbocycles. The average molecular weight is 493 g/mol. The third-order valence-corrected chi connectivity index (χ3v) is 7.49. The van der Waals surface area contributed by atoms with E-state index in [-0.39, 0.29) is 6.03 Å². The molecule has 2 amide bonds. The zero-order valence-corrected chi connectivity index (χ0v) is 22.6. The predicted octanol–water partition coefficient (Wildman–Crippen LogP) is 6.18. The Morgan fingerprint density at radius 1 is 0.889 bits per heavy atom. The van der Waals surface area contributed by atoms with Crippen LogP contribution in [0.25, 0.3) is 11.1 Å². The smallest absolute Gasteiger partial charge is 0.337 e. The molecule has 1 saturated heterocycles. The summed E-state index contributed by atoms with van der Waals surface area (Å²) in [5, 5.41) is 10.3.